The Labute approximate surface area is 604 Å². The lowest BCUT2D eigenvalue weighted by Gasteiger charge is -2.42. The summed E-state index contributed by atoms with van der Waals surface area (Å²) in [5.41, 5.74) is 14.1. The molecule has 102 heavy (non-hydrogen) atoms. The Hall–Kier alpha value is -7.66. The SMILES string of the molecule is CCC(C)(C)C1C[N+]1(C)C1=C(N=[N-])c2ccccc2CN(C(=O)CCNC(=O)CCOCCOCCOCCOCCN(C)C(=O)CCCC(=O)N(C)[C@@H](C)C(=O)O[C@H]2CC(=O)N(C)c3cc(cc(OC)c3Cl)C/C(C)=C\C=C\[C@@H](OC)[C@@]3(O)C[C@H](OC(=O)N3)[C@@H](C)[C@@H]3O[C@@]23C)c2ccccc21. The summed E-state index contributed by atoms with van der Waals surface area (Å²) < 4.78 is 52.7. The van der Waals surface area contributed by atoms with Gasteiger partial charge < -0.3 is 83.3 Å². The van der Waals surface area contributed by atoms with Crippen molar-refractivity contribution in [3.63, 3.8) is 0 Å². The molecule has 558 valence electrons. The average molecular weight is 1440 g/mol. The topological polar surface area (TPSA) is 298 Å². The van der Waals surface area contributed by atoms with E-state index in [2.05, 4.69) is 43.6 Å². The number of likely N-dealkylation sites (N-methyl/N-ethyl adjacent to an activating group) is 3. The number of hydrogen-bond donors (Lipinski definition) is 3. The van der Waals surface area contributed by atoms with E-state index in [4.69, 9.17) is 54.2 Å². The number of carbonyl (C=O) groups excluding carboxylic acids is 7. The molecule has 6 amide bonds. The van der Waals surface area contributed by atoms with Crippen molar-refractivity contribution in [3.05, 3.63) is 117 Å². The normalized spacial score (nSPS) is 25.3. The highest BCUT2D eigenvalue weighted by Gasteiger charge is 2.65. The first-order valence-electron chi connectivity index (χ1n) is 35.2. The van der Waals surface area contributed by atoms with Crippen LogP contribution in [0.15, 0.2) is 89.6 Å². The van der Waals surface area contributed by atoms with Gasteiger partial charge in [-0.05, 0) is 75.4 Å². The number of fused-ring (bicyclic) bond motifs is 7. The summed E-state index contributed by atoms with van der Waals surface area (Å²) in [6, 6.07) is 18.2. The number of quaternary nitrogens is 1. The van der Waals surface area contributed by atoms with Gasteiger partial charge in [-0.2, -0.15) is 0 Å². The van der Waals surface area contributed by atoms with E-state index < -0.39 is 71.6 Å². The molecule has 8 rings (SSSR count). The number of epoxide rings is 1. The summed E-state index contributed by atoms with van der Waals surface area (Å²) in [5, 5.41) is 21.4. The summed E-state index contributed by atoms with van der Waals surface area (Å²) in [5.74, 6) is -2.57. The van der Waals surface area contributed by atoms with Gasteiger partial charge in [-0.1, -0.05) is 99.5 Å². The molecule has 26 nitrogen and oxygen atoms in total. The maximum atomic E-state index is 14.4. The quantitative estimate of drug-likeness (QED) is 0.0178. The Bertz CT molecular complexity index is 3610. The molecule has 0 radical (unpaired) electrons. The molecular weight excluding hydrogens is 1330 g/mol. The molecule has 5 heterocycles. The predicted octanol–water partition coefficient (Wildman–Crippen LogP) is 8.77. The molecule has 0 spiro atoms. The second kappa shape index (κ2) is 35.7. The predicted molar refractivity (Wildman–Crippen MR) is 384 cm³/mol. The number of nitrogens with zero attached hydrogens (tertiary/aromatic N) is 7. The molecule has 5 aliphatic heterocycles. The maximum Gasteiger partial charge on any atom is 0.409 e. The van der Waals surface area contributed by atoms with Crippen LogP contribution in [0.2, 0.25) is 5.02 Å². The van der Waals surface area contributed by atoms with Crippen LogP contribution in [-0.4, -0.2) is 224 Å². The summed E-state index contributed by atoms with van der Waals surface area (Å²) in [6.45, 7) is 17.4. The van der Waals surface area contributed by atoms with Crippen molar-refractivity contribution in [2.75, 3.05) is 125 Å². The lowest BCUT2D eigenvalue weighted by molar-refractivity contribution is -0.718. The Morgan fingerprint density at radius 3 is 2.23 bits per heavy atom. The number of alkyl carbamates (subject to hydrolysis) is 1. The van der Waals surface area contributed by atoms with Gasteiger partial charge in [0, 0.05) is 90.3 Å². The molecule has 3 aromatic rings. The highest BCUT2D eigenvalue weighted by molar-refractivity contribution is 6.35. The van der Waals surface area contributed by atoms with Crippen LogP contribution in [0.25, 0.3) is 16.9 Å². The zero-order valence-corrected chi connectivity index (χ0v) is 62.1. The highest BCUT2D eigenvalue weighted by atomic mass is 35.5. The number of ether oxygens (including phenoxy) is 9. The Kier molecular flexibility index (Phi) is 28.0. The standard InChI is InChI=1S/C75H104ClN9O17/c1-14-73(5,6)59-47-85(59,11)69-54-24-17-18-25-55(54)84(46-52-22-15-16-23-53(52)68(69)80-77)65(89)29-31-78-62(86)30-33-96-35-37-98-39-40-99-38-36-97-34-32-81(8)63(87)27-20-28-64(88)82(9)50(4)71(91)101-61-44-66(90)83(10)56-42-51(43-57(94-12)67(56)76)41-48(2)21-19-26-60(95-13)75(93)45-58(100-72(92)79-75)49(3)70-74(61,7)102-70/h15-19,21-26,42-43,49-50,58-61,70,93H,14,20,27-41,44-47H2,1-13H3,(H,78,86)(H,79,92)/b26-19+,48-21-,69-68?/t49-,50+,58+,59?,60-,61+,70+,74+,75+,85?/m1/s1. The van der Waals surface area contributed by atoms with E-state index in [0.717, 1.165) is 52.2 Å². The van der Waals surface area contributed by atoms with E-state index in [0.29, 0.717) is 61.0 Å². The van der Waals surface area contributed by atoms with E-state index in [-0.39, 0.29) is 119 Å². The van der Waals surface area contributed by atoms with Gasteiger partial charge in [-0.15, -0.1) is 0 Å². The van der Waals surface area contributed by atoms with Crippen molar-refractivity contribution in [1.29, 1.82) is 0 Å². The third-order valence-electron chi connectivity index (χ3n) is 20.7. The lowest BCUT2D eigenvalue weighted by Crippen LogP contribution is -2.63. The highest BCUT2D eigenvalue weighted by Crippen LogP contribution is 2.55. The molecule has 4 bridgehead atoms. The molecule has 27 heteroatoms. The van der Waals surface area contributed by atoms with E-state index in [1.165, 1.54) is 42.9 Å². The third-order valence-corrected chi connectivity index (χ3v) is 21.0. The molecule has 2 unspecified atom stereocenters. The Balaban J connectivity index is 0.699. The van der Waals surface area contributed by atoms with Crippen molar-refractivity contribution in [2.45, 2.75) is 161 Å². The van der Waals surface area contributed by atoms with E-state index in [9.17, 15) is 44.2 Å². The average Bonchev–Trinajstić information content (AvgIpc) is 1.47. The van der Waals surface area contributed by atoms with Crippen LogP contribution in [0.4, 0.5) is 16.2 Å². The number of hydrogen-bond acceptors (Lipinski definition) is 18. The van der Waals surface area contributed by atoms with Crippen LogP contribution in [-0.2, 0) is 79.6 Å². The minimum atomic E-state index is -1.88. The lowest BCUT2D eigenvalue weighted by atomic mass is 9.83. The van der Waals surface area contributed by atoms with Crippen LogP contribution in [0.1, 0.15) is 122 Å². The number of nitrogens with one attached hydrogen (secondary N) is 2. The summed E-state index contributed by atoms with van der Waals surface area (Å²) in [7, 11) is 9.72. The summed E-state index contributed by atoms with van der Waals surface area (Å²) >= 11 is 6.84. The number of halogens is 1. The minimum Gasteiger partial charge on any atom is -0.706 e. The molecule has 5 aliphatic rings. The van der Waals surface area contributed by atoms with Crippen LogP contribution < -0.4 is 25.2 Å². The van der Waals surface area contributed by atoms with Crippen LogP contribution in [0.3, 0.4) is 0 Å². The number of anilines is 2. The Morgan fingerprint density at radius 2 is 1.56 bits per heavy atom. The fourth-order valence-corrected chi connectivity index (χ4v) is 14.0. The van der Waals surface area contributed by atoms with Crippen LogP contribution in [0.5, 0.6) is 5.75 Å². The first-order valence-corrected chi connectivity index (χ1v) is 35.5. The number of aliphatic hydroxyl groups is 1. The fourth-order valence-electron chi connectivity index (χ4n) is 13.7. The smallest absolute Gasteiger partial charge is 0.409 e. The molecule has 3 aromatic carbocycles. The van der Waals surface area contributed by atoms with Gasteiger partial charge in [-0.25, -0.2) is 9.59 Å². The number of esters is 1. The third kappa shape index (κ3) is 19.6. The molecule has 0 aromatic heterocycles. The fraction of sp³-hybridized carbons (Fsp3) is 0.587. The Morgan fingerprint density at radius 1 is 0.912 bits per heavy atom. The minimum absolute atomic E-state index is 0.0272. The second-order valence-electron chi connectivity index (χ2n) is 28.1. The number of carbonyl (C=O) groups is 7. The van der Waals surface area contributed by atoms with Gasteiger partial charge in [0.2, 0.25) is 29.5 Å². The van der Waals surface area contributed by atoms with Crippen molar-refractivity contribution in [1.82, 2.24) is 20.4 Å². The van der Waals surface area contributed by atoms with Crippen LogP contribution in [0, 0.1) is 11.3 Å². The number of methoxy groups -OCH3 is 2. The van der Waals surface area contributed by atoms with Gasteiger partial charge in [0.15, 0.2) is 11.4 Å². The zero-order chi connectivity index (χ0) is 74.3. The second-order valence-corrected chi connectivity index (χ2v) is 28.5. The van der Waals surface area contributed by atoms with Crippen molar-refractivity contribution >= 4 is 76.0 Å². The zero-order valence-electron chi connectivity index (χ0n) is 61.4. The van der Waals surface area contributed by atoms with E-state index in [1.54, 1.807) is 57.1 Å². The van der Waals surface area contributed by atoms with Gasteiger partial charge >= 0.3 is 12.1 Å². The first kappa shape index (κ1) is 80.0. The molecule has 0 saturated carbocycles. The van der Waals surface area contributed by atoms with Crippen molar-refractivity contribution in [2.24, 2.45) is 16.4 Å². The largest absolute Gasteiger partial charge is 0.706 e. The van der Waals surface area contributed by atoms with E-state index in [1.807, 2.05) is 61.5 Å². The maximum absolute atomic E-state index is 14.4. The van der Waals surface area contributed by atoms with Crippen molar-refractivity contribution < 1.29 is 85.8 Å². The van der Waals surface area contributed by atoms with Gasteiger partial charge in [-0.3, -0.25) is 33.8 Å². The van der Waals surface area contributed by atoms with Crippen molar-refractivity contribution in [3.8, 4) is 5.75 Å². The van der Waals surface area contributed by atoms with Gasteiger partial charge in [0.1, 0.15) is 59.0 Å². The monoisotopic (exact) mass is 1440 g/mol. The number of allylic oxidation sites excluding steroid dienone is 3. The molecular formula is C75H104ClN9O17. The summed E-state index contributed by atoms with van der Waals surface area (Å²) in [6.07, 6.45) is 1.78. The molecule has 3 saturated heterocycles. The van der Waals surface area contributed by atoms with E-state index >= 15 is 0 Å². The molecule has 3 fully saturated rings. The number of rotatable bonds is 31. The van der Waals surface area contributed by atoms with Gasteiger partial charge in [0.25, 0.3) is 0 Å². The van der Waals surface area contributed by atoms with Gasteiger partial charge in [0.05, 0.1) is 103 Å². The summed E-state index contributed by atoms with van der Waals surface area (Å²) in [4.78, 5) is 101. The number of amides is 6. The molecule has 0 aliphatic carbocycles. The first-order chi connectivity index (χ1) is 48.6. The number of para-hydroxylation sites is 1. The molecule has 3 N–H and O–H groups in total. The van der Waals surface area contributed by atoms with Crippen LogP contribution >= 0.6 is 11.6 Å². The number of benzene rings is 3. The molecule has 10 atom stereocenters.